The van der Waals surface area contributed by atoms with Gasteiger partial charge in [-0.25, -0.2) is 0 Å². The van der Waals surface area contributed by atoms with E-state index in [-0.39, 0.29) is 5.91 Å². The lowest BCUT2D eigenvalue weighted by Gasteiger charge is -2.07. The number of rotatable bonds is 4. The number of anilines is 2. The number of halogens is 2. The fourth-order valence-electron chi connectivity index (χ4n) is 1.53. The lowest BCUT2D eigenvalue weighted by molar-refractivity contribution is -0.113. The average molecular weight is 372 g/mol. The van der Waals surface area contributed by atoms with Crippen LogP contribution in [0.25, 0.3) is 0 Å². The topological polar surface area (TPSA) is 55.1 Å². The van der Waals surface area contributed by atoms with Gasteiger partial charge in [0.15, 0.2) is 0 Å². The Balaban J connectivity index is 1.93. The number of para-hydroxylation sites is 1. The molecule has 0 bridgehead atoms. The molecule has 0 fully saturated rings. The average Bonchev–Trinajstić information content (AvgIpc) is 2.42. The van der Waals surface area contributed by atoms with Gasteiger partial charge in [0, 0.05) is 20.7 Å². The highest BCUT2D eigenvalue weighted by atomic mass is 79.9. The lowest BCUT2D eigenvalue weighted by atomic mass is 10.3. The standard InChI is InChI=1S/C14H12BrClN2OS/c15-10-6-5-9(7-11(10)16)18-14(19)8-20-13-4-2-1-3-12(13)17/h1-7H,8,17H2,(H,18,19). The number of nitrogens with one attached hydrogen (secondary N) is 1. The van der Waals surface area contributed by atoms with Crippen LogP contribution in [0, 0.1) is 0 Å². The van der Waals surface area contributed by atoms with E-state index in [1.54, 1.807) is 18.2 Å². The van der Waals surface area contributed by atoms with Crippen molar-refractivity contribution in [3.8, 4) is 0 Å². The Labute approximate surface area is 135 Å². The largest absolute Gasteiger partial charge is 0.398 e. The Morgan fingerprint density at radius 1 is 1.30 bits per heavy atom. The summed E-state index contributed by atoms with van der Waals surface area (Å²) in [4.78, 5) is 12.8. The van der Waals surface area contributed by atoms with E-state index in [0.717, 1.165) is 9.37 Å². The van der Waals surface area contributed by atoms with Gasteiger partial charge < -0.3 is 11.1 Å². The summed E-state index contributed by atoms with van der Waals surface area (Å²) in [5.74, 6) is 0.193. The fraction of sp³-hybridized carbons (Fsp3) is 0.0714. The number of hydrogen-bond donors (Lipinski definition) is 2. The molecule has 3 nitrogen and oxygen atoms in total. The molecule has 0 aliphatic carbocycles. The third kappa shape index (κ3) is 4.16. The molecular formula is C14H12BrClN2OS. The highest BCUT2D eigenvalue weighted by Crippen LogP contribution is 2.27. The molecule has 0 aliphatic heterocycles. The van der Waals surface area contributed by atoms with Crippen molar-refractivity contribution in [3.05, 3.63) is 52.0 Å². The van der Waals surface area contributed by atoms with Crippen molar-refractivity contribution < 1.29 is 4.79 Å². The molecule has 2 aromatic rings. The minimum absolute atomic E-state index is 0.100. The number of thioether (sulfide) groups is 1. The van der Waals surface area contributed by atoms with Crippen LogP contribution in [0.4, 0.5) is 11.4 Å². The fourth-order valence-corrected chi connectivity index (χ4v) is 2.72. The SMILES string of the molecule is Nc1ccccc1SCC(=O)Nc1ccc(Br)c(Cl)c1. The normalized spacial score (nSPS) is 10.3. The number of hydrogen-bond acceptors (Lipinski definition) is 3. The van der Waals surface area contributed by atoms with Crippen LogP contribution in [-0.4, -0.2) is 11.7 Å². The first-order chi connectivity index (χ1) is 9.56. The first-order valence-electron chi connectivity index (χ1n) is 5.78. The van der Waals surface area contributed by atoms with Crippen LogP contribution in [0.5, 0.6) is 0 Å². The van der Waals surface area contributed by atoms with E-state index in [4.69, 9.17) is 17.3 Å². The first-order valence-corrected chi connectivity index (χ1v) is 7.94. The maximum absolute atomic E-state index is 11.9. The van der Waals surface area contributed by atoms with Gasteiger partial charge in [0.25, 0.3) is 0 Å². The van der Waals surface area contributed by atoms with Gasteiger partial charge in [0.2, 0.25) is 5.91 Å². The van der Waals surface area contributed by atoms with Gasteiger partial charge in [-0.05, 0) is 46.3 Å². The van der Waals surface area contributed by atoms with Crippen molar-refractivity contribution in [3.63, 3.8) is 0 Å². The van der Waals surface area contributed by atoms with Gasteiger partial charge >= 0.3 is 0 Å². The highest BCUT2D eigenvalue weighted by molar-refractivity contribution is 9.10. The summed E-state index contributed by atoms with van der Waals surface area (Å²) >= 11 is 10.7. The number of carbonyl (C=O) groups is 1. The van der Waals surface area contributed by atoms with Crippen LogP contribution in [0.2, 0.25) is 5.02 Å². The number of carbonyl (C=O) groups excluding carboxylic acids is 1. The molecule has 2 rings (SSSR count). The summed E-state index contributed by atoms with van der Waals surface area (Å²) in [6.07, 6.45) is 0. The molecule has 0 aromatic heterocycles. The Morgan fingerprint density at radius 3 is 2.75 bits per heavy atom. The summed E-state index contributed by atoms with van der Waals surface area (Å²) in [6.45, 7) is 0. The van der Waals surface area contributed by atoms with Crippen molar-refractivity contribution in [2.75, 3.05) is 16.8 Å². The monoisotopic (exact) mass is 370 g/mol. The van der Waals surface area contributed by atoms with Crippen LogP contribution in [0.1, 0.15) is 0 Å². The molecule has 20 heavy (non-hydrogen) atoms. The van der Waals surface area contributed by atoms with Crippen LogP contribution in [0.3, 0.4) is 0 Å². The summed E-state index contributed by atoms with van der Waals surface area (Å²) in [7, 11) is 0. The van der Waals surface area contributed by atoms with Crippen molar-refractivity contribution in [1.29, 1.82) is 0 Å². The Kier molecular flexibility index (Phi) is 5.34. The van der Waals surface area contributed by atoms with Crippen LogP contribution in [-0.2, 0) is 4.79 Å². The van der Waals surface area contributed by atoms with E-state index >= 15 is 0 Å². The number of nitrogens with two attached hydrogens (primary N) is 1. The summed E-state index contributed by atoms with van der Waals surface area (Å²) in [5.41, 5.74) is 7.17. The van der Waals surface area contributed by atoms with Gasteiger partial charge in [0.05, 0.1) is 10.8 Å². The zero-order valence-electron chi connectivity index (χ0n) is 10.4. The van der Waals surface area contributed by atoms with E-state index in [9.17, 15) is 4.79 Å². The molecule has 1 amide bonds. The third-order valence-corrected chi connectivity index (χ3v) is 4.80. The summed E-state index contributed by atoms with van der Waals surface area (Å²) in [6, 6.07) is 12.7. The second-order valence-corrected chi connectivity index (χ2v) is 6.28. The van der Waals surface area contributed by atoms with Gasteiger partial charge in [-0.3, -0.25) is 4.79 Å². The maximum Gasteiger partial charge on any atom is 0.234 e. The Morgan fingerprint density at radius 2 is 2.05 bits per heavy atom. The molecule has 0 atom stereocenters. The maximum atomic E-state index is 11.9. The highest BCUT2D eigenvalue weighted by Gasteiger charge is 2.06. The van der Waals surface area contributed by atoms with E-state index in [2.05, 4.69) is 21.2 Å². The van der Waals surface area contributed by atoms with Gasteiger partial charge in [0.1, 0.15) is 0 Å². The van der Waals surface area contributed by atoms with E-state index in [1.807, 2.05) is 24.3 Å². The van der Waals surface area contributed by atoms with Crippen LogP contribution >= 0.6 is 39.3 Å². The van der Waals surface area contributed by atoms with E-state index < -0.39 is 0 Å². The van der Waals surface area contributed by atoms with E-state index in [0.29, 0.717) is 22.2 Å². The molecule has 2 aromatic carbocycles. The predicted molar refractivity (Wildman–Crippen MR) is 89.4 cm³/mol. The molecular weight excluding hydrogens is 360 g/mol. The number of benzene rings is 2. The molecule has 104 valence electrons. The summed E-state index contributed by atoms with van der Waals surface area (Å²) < 4.78 is 0.795. The lowest BCUT2D eigenvalue weighted by Crippen LogP contribution is -2.14. The Hall–Kier alpha value is -1.17. The molecule has 0 radical (unpaired) electrons. The molecule has 3 N–H and O–H groups in total. The molecule has 0 spiro atoms. The van der Waals surface area contributed by atoms with Crippen molar-refractivity contribution >= 4 is 56.6 Å². The number of amides is 1. The first kappa shape index (κ1) is 15.2. The second-order valence-electron chi connectivity index (χ2n) is 4.00. The number of nitrogen functional groups attached to an aromatic ring is 1. The smallest absolute Gasteiger partial charge is 0.234 e. The van der Waals surface area contributed by atoms with Gasteiger partial charge in [-0.1, -0.05) is 23.7 Å². The van der Waals surface area contributed by atoms with Gasteiger partial charge in [-0.15, -0.1) is 11.8 Å². The third-order valence-electron chi connectivity index (χ3n) is 2.48. The summed E-state index contributed by atoms with van der Waals surface area (Å²) in [5, 5.41) is 3.35. The predicted octanol–water partition coefficient (Wildman–Crippen LogP) is 4.42. The molecule has 0 heterocycles. The second kappa shape index (κ2) is 7.02. The zero-order valence-corrected chi connectivity index (χ0v) is 13.6. The van der Waals surface area contributed by atoms with Crippen molar-refractivity contribution in [1.82, 2.24) is 0 Å². The van der Waals surface area contributed by atoms with Crippen LogP contribution in [0.15, 0.2) is 51.8 Å². The molecule has 0 aliphatic rings. The van der Waals surface area contributed by atoms with Crippen LogP contribution < -0.4 is 11.1 Å². The van der Waals surface area contributed by atoms with Gasteiger partial charge in [-0.2, -0.15) is 0 Å². The zero-order chi connectivity index (χ0) is 14.5. The quantitative estimate of drug-likeness (QED) is 0.618. The minimum Gasteiger partial charge on any atom is -0.398 e. The molecule has 0 unspecified atom stereocenters. The molecule has 0 saturated carbocycles. The van der Waals surface area contributed by atoms with Crippen molar-refractivity contribution in [2.45, 2.75) is 4.90 Å². The van der Waals surface area contributed by atoms with E-state index in [1.165, 1.54) is 11.8 Å². The molecule has 0 saturated heterocycles. The Bertz CT molecular complexity index is 636. The molecule has 6 heteroatoms. The van der Waals surface area contributed by atoms with Crippen molar-refractivity contribution in [2.24, 2.45) is 0 Å². The minimum atomic E-state index is -0.100.